The minimum Gasteiger partial charge on any atom is -0.481 e. The second-order valence-corrected chi connectivity index (χ2v) is 5.78. The van der Waals surface area contributed by atoms with Gasteiger partial charge in [0.2, 0.25) is 0 Å². The molecule has 2 N–H and O–H groups in total. The number of carboxylic acids is 1. The molecule has 2 atom stereocenters. The molecule has 3 heteroatoms. The van der Waals surface area contributed by atoms with Gasteiger partial charge in [-0.1, -0.05) is 54.1 Å². The van der Waals surface area contributed by atoms with Gasteiger partial charge >= 0.3 is 5.97 Å². The SMILES string of the molecule is O=C(O)CCC/C=C\CC1=CCC(c2ccccc2)[C@H]1CO. The maximum absolute atomic E-state index is 10.4. The van der Waals surface area contributed by atoms with E-state index in [0.717, 1.165) is 19.3 Å². The lowest BCUT2D eigenvalue weighted by Crippen LogP contribution is -2.14. The average molecular weight is 300 g/mol. The zero-order chi connectivity index (χ0) is 15.8. The van der Waals surface area contributed by atoms with E-state index >= 15 is 0 Å². The van der Waals surface area contributed by atoms with Crippen molar-refractivity contribution in [1.82, 2.24) is 0 Å². The number of carbonyl (C=O) groups is 1. The van der Waals surface area contributed by atoms with E-state index in [-0.39, 0.29) is 18.9 Å². The molecule has 3 nitrogen and oxygen atoms in total. The van der Waals surface area contributed by atoms with Crippen molar-refractivity contribution >= 4 is 5.97 Å². The van der Waals surface area contributed by atoms with Crippen LogP contribution in [0.25, 0.3) is 0 Å². The summed E-state index contributed by atoms with van der Waals surface area (Å²) in [5, 5.41) is 18.3. The molecule has 0 spiro atoms. The molecule has 0 aromatic heterocycles. The summed E-state index contributed by atoms with van der Waals surface area (Å²) >= 11 is 0. The molecule has 0 aliphatic heterocycles. The summed E-state index contributed by atoms with van der Waals surface area (Å²) in [7, 11) is 0. The molecule has 0 saturated heterocycles. The van der Waals surface area contributed by atoms with Gasteiger partial charge in [-0.15, -0.1) is 0 Å². The molecular formula is C19H24O3. The minimum absolute atomic E-state index is 0.179. The van der Waals surface area contributed by atoms with Crippen LogP contribution in [-0.2, 0) is 4.79 Å². The molecule has 118 valence electrons. The predicted molar refractivity (Wildman–Crippen MR) is 87.7 cm³/mol. The van der Waals surface area contributed by atoms with E-state index in [1.54, 1.807) is 0 Å². The van der Waals surface area contributed by atoms with Crippen LogP contribution in [0.1, 0.15) is 43.6 Å². The summed E-state index contributed by atoms with van der Waals surface area (Å²) in [5.74, 6) is -0.161. The van der Waals surface area contributed by atoms with Crippen LogP contribution in [0.15, 0.2) is 54.1 Å². The molecule has 0 fully saturated rings. The molecule has 1 aromatic carbocycles. The van der Waals surface area contributed by atoms with Crippen LogP contribution < -0.4 is 0 Å². The first-order valence-electron chi connectivity index (χ1n) is 7.94. The number of rotatable bonds is 8. The Bertz CT molecular complexity index is 531. The highest BCUT2D eigenvalue weighted by Crippen LogP contribution is 2.40. The van der Waals surface area contributed by atoms with Crippen molar-refractivity contribution in [2.45, 2.75) is 38.0 Å². The average Bonchev–Trinajstić information content (AvgIpc) is 2.94. The number of carboxylic acid groups (broad SMARTS) is 1. The molecule has 1 aromatic rings. The first-order valence-corrected chi connectivity index (χ1v) is 7.94. The Labute approximate surface area is 132 Å². The van der Waals surface area contributed by atoms with E-state index in [4.69, 9.17) is 5.11 Å². The molecule has 1 aliphatic rings. The van der Waals surface area contributed by atoms with E-state index in [1.165, 1.54) is 11.1 Å². The number of aliphatic carboxylic acids is 1. The number of hydrogen-bond acceptors (Lipinski definition) is 2. The maximum atomic E-state index is 10.4. The number of hydrogen-bond donors (Lipinski definition) is 2. The van der Waals surface area contributed by atoms with E-state index in [1.807, 2.05) is 24.3 Å². The van der Waals surface area contributed by atoms with Gasteiger partial charge in [-0.3, -0.25) is 4.79 Å². The Balaban J connectivity index is 1.84. The normalized spacial score (nSPS) is 21.2. The quantitative estimate of drug-likeness (QED) is 0.565. The lowest BCUT2D eigenvalue weighted by atomic mass is 9.85. The second-order valence-electron chi connectivity index (χ2n) is 5.78. The standard InChI is InChI=1S/C19H24O3/c20-14-18-16(10-4-1-2-7-11-19(21)22)12-13-17(18)15-8-5-3-6-9-15/h1,3-6,8-9,12,17-18,20H,2,7,10-11,13-14H2,(H,21,22)/b4-1-/t17?,18-/m0/s1. The molecule has 0 saturated carbocycles. The molecule has 0 radical (unpaired) electrons. The lowest BCUT2D eigenvalue weighted by Gasteiger charge is -2.21. The van der Waals surface area contributed by atoms with Gasteiger partial charge in [0, 0.05) is 12.3 Å². The fourth-order valence-corrected chi connectivity index (χ4v) is 3.11. The van der Waals surface area contributed by atoms with Gasteiger partial charge in [0.1, 0.15) is 0 Å². The van der Waals surface area contributed by atoms with Crippen LogP contribution in [0.5, 0.6) is 0 Å². The highest BCUT2D eigenvalue weighted by Gasteiger charge is 2.29. The largest absolute Gasteiger partial charge is 0.481 e. The zero-order valence-corrected chi connectivity index (χ0v) is 12.8. The molecule has 2 rings (SSSR count). The Hall–Kier alpha value is -1.87. The summed E-state index contributed by atoms with van der Waals surface area (Å²) in [5.41, 5.74) is 2.59. The van der Waals surface area contributed by atoms with E-state index < -0.39 is 5.97 Å². The first-order chi connectivity index (χ1) is 10.7. The van der Waals surface area contributed by atoms with Gasteiger partial charge in [-0.05, 0) is 37.2 Å². The highest BCUT2D eigenvalue weighted by molar-refractivity contribution is 5.66. The van der Waals surface area contributed by atoms with Gasteiger partial charge in [0.05, 0.1) is 6.61 Å². The molecule has 0 heterocycles. The number of unbranched alkanes of at least 4 members (excludes halogenated alkanes) is 1. The zero-order valence-electron chi connectivity index (χ0n) is 12.8. The fourth-order valence-electron chi connectivity index (χ4n) is 3.11. The Morgan fingerprint density at radius 3 is 2.68 bits per heavy atom. The van der Waals surface area contributed by atoms with Crippen molar-refractivity contribution in [1.29, 1.82) is 0 Å². The molecular weight excluding hydrogens is 276 g/mol. The number of allylic oxidation sites excluding steroid dienone is 3. The first kappa shape index (κ1) is 16.5. The summed E-state index contributed by atoms with van der Waals surface area (Å²) < 4.78 is 0. The third-order valence-corrected chi connectivity index (χ3v) is 4.30. The molecule has 1 aliphatic carbocycles. The summed E-state index contributed by atoms with van der Waals surface area (Å²) in [6, 6.07) is 10.4. The second kappa shape index (κ2) is 8.54. The van der Waals surface area contributed by atoms with Crippen molar-refractivity contribution in [3.05, 3.63) is 59.7 Å². The van der Waals surface area contributed by atoms with Crippen LogP contribution in [0.4, 0.5) is 0 Å². The van der Waals surface area contributed by atoms with Crippen molar-refractivity contribution < 1.29 is 15.0 Å². The Morgan fingerprint density at radius 1 is 1.23 bits per heavy atom. The predicted octanol–water partition coefficient (Wildman–Crippen LogP) is 3.91. The summed E-state index contributed by atoms with van der Waals surface area (Å²) in [4.78, 5) is 10.4. The molecule has 22 heavy (non-hydrogen) atoms. The molecule has 0 bridgehead atoms. The number of aliphatic hydroxyl groups is 1. The van der Waals surface area contributed by atoms with E-state index in [9.17, 15) is 9.90 Å². The number of benzene rings is 1. The van der Waals surface area contributed by atoms with Crippen molar-refractivity contribution in [3.63, 3.8) is 0 Å². The van der Waals surface area contributed by atoms with Crippen molar-refractivity contribution in [2.75, 3.05) is 6.61 Å². The van der Waals surface area contributed by atoms with Crippen molar-refractivity contribution in [2.24, 2.45) is 5.92 Å². The highest BCUT2D eigenvalue weighted by atomic mass is 16.4. The van der Waals surface area contributed by atoms with Crippen LogP contribution in [0, 0.1) is 5.92 Å². The van der Waals surface area contributed by atoms with E-state index in [0.29, 0.717) is 12.3 Å². The van der Waals surface area contributed by atoms with Crippen LogP contribution >= 0.6 is 0 Å². The summed E-state index contributed by atoms with van der Waals surface area (Å²) in [6.45, 7) is 0.179. The third-order valence-electron chi connectivity index (χ3n) is 4.30. The lowest BCUT2D eigenvalue weighted by molar-refractivity contribution is -0.137. The third kappa shape index (κ3) is 4.57. The van der Waals surface area contributed by atoms with Crippen molar-refractivity contribution in [3.8, 4) is 0 Å². The Morgan fingerprint density at radius 2 is 2.00 bits per heavy atom. The van der Waals surface area contributed by atoms with Gasteiger partial charge in [0.25, 0.3) is 0 Å². The monoisotopic (exact) mass is 300 g/mol. The maximum Gasteiger partial charge on any atom is 0.303 e. The van der Waals surface area contributed by atoms with Gasteiger partial charge < -0.3 is 10.2 Å². The van der Waals surface area contributed by atoms with Gasteiger partial charge in [0.15, 0.2) is 0 Å². The van der Waals surface area contributed by atoms with Crippen LogP contribution in [0.2, 0.25) is 0 Å². The Kier molecular flexibility index (Phi) is 6.41. The van der Waals surface area contributed by atoms with Gasteiger partial charge in [-0.2, -0.15) is 0 Å². The minimum atomic E-state index is -0.738. The number of aliphatic hydroxyl groups excluding tert-OH is 1. The van der Waals surface area contributed by atoms with Gasteiger partial charge in [-0.25, -0.2) is 0 Å². The van der Waals surface area contributed by atoms with Crippen LogP contribution in [-0.4, -0.2) is 22.8 Å². The topological polar surface area (TPSA) is 57.5 Å². The fraction of sp³-hybridized carbons (Fsp3) is 0.421. The molecule has 0 amide bonds. The van der Waals surface area contributed by atoms with Crippen LogP contribution in [0.3, 0.4) is 0 Å². The smallest absolute Gasteiger partial charge is 0.303 e. The summed E-state index contributed by atoms with van der Waals surface area (Å²) in [6.07, 6.45) is 9.94. The molecule has 1 unspecified atom stereocenters. The van der Waals surface area contributed by atoms with E-state index in [2.05, 4.69) is 24.3 Å².